The fourth-order valence-corrected chi connectivity index (χ4v) is 3.21. The molecule has 1 heterocycles. The van der Waals surface area contributed by atoms with Crippen LogP contribution in [-0.4, -0.2) is 17.6 Å². The van der Waals surface area contributed by atoms with E-state index in [4.69, 9.17) is 0 Å². The largest absolute Gasteiger partial charge is 0.394 e. The molecular weight excluding hydrogens is 282 g/mol. The minimum Gasteiger partial charge on any atom is -0.394 e. The number of amides is 1. The molecule has 0 saturated carbocycles. The Hall–Kier alpha value is -2.17. The molecule has 0 fully saturated rings. The van der Waals surface area contributed by atoms with Crippen LogP contribution >= 0.6 is 11.3 Å². The molecule has 1 atom stereocenters. The van der Waals surface area contributed by atoms with Crippen LogP contribution in [0, 0.1) is 0 Å². The summed E-state index contributed by atoms with van der Waals surface area (Å²) in [6.45, 7) is -0.124. The van der Waals surface area contributed by atoms with Crippen molar-refractivity contribution in [2.45, 2.75) is 6.04 Å². The van der Waals surface area contributed by atoms with Gasteiger partial charge in [0.2, 0.25) is 0 Å². The number of aliphatic hydroxyl groups is 1. The lowest BCUT2D eigenvalue weighted by atomic mass is 10.1. The van der Waals surface area contributed by atoms with Crippen molar-refractivity contribution in [2.75, 3.05) is 6.61 Å². The third-order valence-electron chi connectivity index (χ3n) is 3.34. The van der Waals surface area contributed by atoms with E-state index in [2.05, 4.69) is 5.32 Å². The van der Waals surface area contributed by atoms with E-state index >= 15 is 0 Å². The molecule has 0 aliphatic rings. The van der Waals surface area contributed by atoms with Crippen molar-refractivity contribution in [3.05, 3.63) is 71.1 Å². The fraction of sp³-hybridized carbons (Fsp3) is 0.118. The van der Waals surface area contributed by atoms with Crippen LogP contribution in [0.3, 0.4) is 0 Å². The van der Waals surface area contributed by atoms with Crippen molar-refractivity contribution in [1.82, 2.24) is 5.32 Å². The van der Waals surface area contributed by atoms with Crippen LogP contribution in [0.4, 0.5) is 0 Å². The number of carbonyl (C=O) groups excluding carboxylic acids is 1. The summed E-state index contributed by atoms with van der Waals surface area (Å²) in [5.41, 5.74) is 0.898. The Morgan fingerprint density at radius 2 is 1.81 bits per heavy atom. The number of hydrogen-bond donors (Lipinski definition) is 2. The molecule has 0 bridgehead atoms. The standard InChI is InChI=1S/C17H15NO2S/c19-11-14(12-6-2-1-3-7-12)18-17(20)16-10-13-8-4-5-9-15(13)21-16/h1-10,14,19H,11H2,(H,18,20). The second kappa shape index (κ2) is 6.08. The Balaban J connectivity index is 1.81. The van der Waals surface area contributed by atoms with E-state index in [9.17, 15) is 9.90 Å². The molecule has 0 saturated heterocycles. The van der Waals surface area contributed by atoms with Crippen molar-refractivity contribution < 1.29 is 9.90 Å². The van der Waals surface area contributed by atoms with Gasteiger partial charge in [-0.2, -0.15) is 0 Å². The highest BCUT2D eigenvalue weighted by molar-refractivity contribution is 7.20. The lowest BCUT2D eigenvalue weighted by Crippen LogP contribution is -2.30. The second-order valence-electron chi connectivity index (χ2n) is 4.77. The first kappa shape index (κ1) is 13.8. The number of rotatable bonds is 4. The molecule has 0 spiro atoms. The monoisotopic (exact) mass is 297 g/mol. The molecule has 3 rings (SSSR count). The lowest BCUT2D eigenvalue weighted by molar-refractivity contribution is 0.0920. The van der Waals surface area contributed by atoms with Crippen molar-refractivity contribution in [2.24, 2.45) is 0 Å². The molecule has 0 radical (unpaired) electrons. The van der Waals surface area contributed by atoms with Crippen LogP contribution in [0.5, 0.6) is 0 Å². The number of nitrogens with one attached hydrogen (secondary N) is 1. The molecule has 2 aromatic carbocycles. The molecule has 2 N–H and O–H groups in total. The van der Waals surface area contributed by atoms with E-state index in [-0.39, 0.29) is 18.6 Å². The quantitative estimate of drug-likeness (QED) is 0.775. The zero-order chi connectivity index (χ0) is 14.7. The van der Waals surface area contributed by atoms with Gasteiger partial charge in [0.15, 0.2) is 0 Å². The van der Waals surface area contributed by atoms with Gasteiger partial charge in [-0.05, 0) is 23.1 Å². The summed E-state index contributed by atoms with van der Waals surface area (Å²) in [5.74, 6) is -0.154. The summed E-state index contributed by atoms with van der Waals surface area (Å²) in [7, 11) is 0. The van der Waals surface area contributed by atoms with E-state index in [1.54, 1.807) is 0 Å². The van der Waals surface area contributed by atoms with E-state index in [0.29, 0.717) is 4.88 Å². The molecule has 1 unspecified atom stereocenters. The first-order valence-corrected chi connectivity index (χ1v) is 7.55. The third kappa shape index (κ3) is 2.96. The Labute approximate surface area is 126 Å². The highest BCUT2D eigenvalue weighted by Crippen LogP contribution is 2.25. The van der Waals surface area contributed by atoms with Crippen LogP contribution in [0.2, 0.25) is 0 Å². The summed E-state index contributed by atoms with van der Waals surface area (Å²) in [6.07, 6.45) is 0. The number of thiophene rings is 1. The normalized spacial score (nSPS) is 12.2. The van der Waals surface area contributed by atoms with E-state index in [0.717, 1.165) is 15.6 Å². The molecule has 1 aromatic heterocycles. The van der Waals surface area contributed by atoms with Gasteiger partial charge >= 0.3 is 0 Å². The number of hydrogen-bond acceptors (Lipinski definition) is 3. The van der Waals surface area contributed by atoms with Crippen LogP contribution in [0.15, 0.2) is 60.7 Å². The van der Waals surface area contributed by atoms with Gasteiger partial charge in [-0.1, -0.05) is 48.5 Å². The Kier molecular flexibility index (Phi) is 3.99. The van der Waals surface area contributed by atoms with E-state index in [1.165, 1.54) is 11.3 Å². The molecule has 3 aromatic rings. The molecule has 0 aliphatic heterocycles. The predicted molar refractivity (Wildman–Crippen MR) is 85.6 cm³/mol. The summed E-state index contributed by atoms with van der Waals surface area (Å²) < 4.78 is 1.09. The molecule has 0 aliphatic carbocycles. The van der Waals surface area contributed by atoms with Gasteiger partial charge in [0.05, 0.1) is 17.5 Å². The van der Waals surface area contributed by atoms with E-state index in [1.807, 2.05) is 60.7 Å². The minimum absolute atomic E-state index is 0.124. The Morgan fingerprint density at radius 3 is 2.52 bits per heavy atom. The van der Waals surface area contributed by atoms with Gasteiger partial charge in [-0.15, -0.1) is 11.3 Å². The van der Waals surface area contributed by atoms with Crippen LogP contribution in [0.25, 0.3) is 10.1 Å². The van der Waals surface area contributed by atoms with Crippen LogP contribution in [-0.2, 0) is 0 Å². The molecule has 3 nitrogen and oxygen atoms in total. The SMILES string of the molecule is O=C(NC(CO)c1ccccc1)c1cc2ccccc2s1. The maximum Gasteiger partial charge on any atom is 0.261 e. The average molecular weight is 297 g/mol. The minimum atomic E-state index is -0.385. The lowest BCUT2D eigenvalue weighted by Gasteiger charge is -2.16. The fourth-order valence-electron chi connectivity index (χ4n) is 2.24. The molecule has 1 amide bonds. The first-order chi connectivity index (χ1) is 10.3. The smallest absolute Gasteiger partial charge is 0.261 e. The Morgan fingerprint density at radius 1 is 1.10 bits per heavy atom. The van der Waals surface area contributed by atoms with E-state index < -0.39 is 0 Å². The summed E-state index contributed by atoms with van der Waals surface area (Å²) in [6, 6.07) is 18.9. The molecule has 106 valence electrons. The Bertz CT molecular complexity index is 719. The van der Waals surface area contributed by atoms with Gasteiger partial charge in [0.1, 0.15) is 0 Å². The van der Waals surface area contributed by atoms with Crippen molar-refractivity contribution in [1.29, 1.82) is 0 Å². The van der Waals surface area contributed by atoms with Crippen LogP contribution in [0.1, 0.15) is 21.3 Å². The number of aliphatic hydroxyl groups excluding tert-OH is 1. The van der Waals surface area contributed by atoms with Crippen LogP contribution < -0.4 is 5.32 Å². The van der Waals surface area contributed by atoms with Gasteiger partial charge in [-0.3, -0.25) is 4.79 Å². The van der Waals surface area contributed by atoms with Crippen molar-refractivity contribution >= 4 is 27.3 Å². The maximum atomic E-state index is 12.3. The highest BCUT2D eigenvalue weighted by Gasteiger charge is 2.16. The predicted octanol–water partition coefficient (Wildman–Crippen LogP) is 3.36. The van der Waals surface area contributed by atoms with Gasteiger partial charge in [0.25, 0.3) is 5.91 Å². The summed E-state index contributed by atoms with van der Waals surface area (Å²) in [5, 5.41) is 13.4. The summed E-state index contributed by atoms with van der Waals surface area (Å²) >= 11 is 1.46. The van der Waals surface area contributed by atoms with Crippen molar-refractivity contribution in [3.63, 3.8) is 0 Å². The first-order valence-electron chi connectivity index (χ1n) is 6.73. The zero-order valence-electron chi connectivity index (χ0n) is 11.3. The topological polar surface area (TPSA) is 49.3 Å². The van der Waals surface area contributed by atoms with Crippen molar-refractivity contribution in [3.8, 4) is 0 Å². The second-order valence-corrected chi connectivity index (χ2v) is 5.85. The average Bonchev–Trinajstić information content (AvgIpc) is 2.97. The van der Waals surface area contributed by atoms with Gasteiger partial charge in [-0.25, -0.2) is 0 Å². The molecular formula is C17H15NO2S. The molecule has 4 heteroatoms. The summed E-state index contributed by atoms with van der Waals surface area (Å²) in [4.78, 5) is 13.0. The maximum absolute atomic E-state index is 12.3. The number of carbonyl (C=O) groups is 1. The van der Waals surface area contributed by atoms with Gasteiger partial charge < -0.3 is 10.4 Å². The van der Waals surface area contributed by atoms with Gasteiger partial charge in [0, 0.05) is 4.70 Å². The highest BCUT2D eigenvalue weighted by atomic mass is 32.1. The third-order valence-corrected chi connectivity index (χ3v) is 4.45. The zero-order valence-corrected chi connectivity index (χ0v) is 12.1. The number of fused-ring (bicyclic) bond motifs is 1. The number of benzene rings is 2. The molecule has 21 heavy (non-hydrogen) atoms.